The van der Waals surface area contributed by atoms with Crippen LogP contribution in [0.3, 0.4) is 0 Å². The Balaban J connectivity index is 1.36. The Bertz CT molecular complexity index is 1120. The molecule has 4 aromatic carbocycles. The average Bonchev–Trinajstić information content (AvgIpc) is 2.77. The largest absolute Gasteiger partial charge is 0.489 e. The summed E-state index contributed by atoms with van der Waals surface area (Å²) in [4.78, 5) is 0. The first-order valence-corrected chi connectivity index (χ1v) is 9.85. The van der Waals surface area contributed by atoms with E-state index in [0.717, 1.165) is 21.9 Å². The Morgan fingerprint density at radius 2 is 1.66 bits per heavy atom. The molecule has 0 bridgehead atoms. The lowest BCUT2D eigenvalue weighted by atomic mass is 10.1. The lowest BCUT2D eigenvalue weighted by Crippen LogP contribution is -2.05. The van der Waals surface area contributed by atoms with Crippen LogP contribution in [0.5, 0.6) is 5.75 Å². The van der Waals surface area contributed by atoms with Gasteiger partial charge in [0, 0.05) is 5.02 Å². The monoisotopic (exact) mass is 400 g/mol. The maximum atomic E-state index is 6.03. The number of rotatable bonds is 7. The molecule has 1 N–H and O–H groups in total. The lowest BCUT2D eigenvalue weighted by molar-refractivity contribution is 0.307. The number of halogens is 1. The van der Waals surface area contributed by atoms with Gasteiger partial charge in [-0.25, -0.2) is 0 Å². The zero-order valence-corrected chi connectivity index (χ0v) is 16.6. The second-order valence-electron chi connectivity index (χ2n) is 6.72. The Morgan fingerprint density at radius 1 is 0.862 bits per heavy atom. The predicted octanol–water partition coefficient (Wildman–Crippen LogP) is 6.20. The van der Waals surface area contributed by atoms with Crippen molar-refractivity contribution in [2.24, 2.45) is 5.10 Å². The van der Waals surface area contributed by atoms with Gasteiger partial charge in [0.15, 0.2) is 0 Å². The van der Waals surface area contributed by atoms with E-state index in [1.807, 2.05) is 48.5 Å². The Labute approximate surface area is 175 Å². The number of nitrogens with one attached hydrogen (secondary N) is 1. The second-order valence-corrected chi connectivity index (χ2v) is 7.16. The predicted molar refractivity (Wildman–Crippen MR) is 121 cm³/mol. The highest BCUT2D eigenvalue weighted by Crippen LogP contribution is 2.21. The van der Waals surface area contributed by atoms with E-state index in [0.29, 0.717) is 13.2 Å². The summed E-state index contributed by atoms with van der Waals surface area (Å²) < 4.78 is 6.03. The van der Waals surface area contributed by atoms with Crippen LogP contribution in [0.2, 0.25) is 5.02 Å². The second kappa shape index (κ2) is 9.26. The van der Waals surface area contributed by atoms with Gasteiger partial charge >= 0.3 is 0 Å². The minimum absolute atomic E-state index is 0.525. The molecule has 4 rings (SSSR count). The fourth-order valence-electron chi connectivity index (χ4n) is 3.12. The van der Waals surface area contributed by atoms with Crippen molar-refractivity contribution in [3.05, 3.63) is 113 Å². The Kier molecular flexibility index (Phi) is 6.08. The summed E-state index contributed by atoms with van der Waals surface area (Å²) in [6, 6.07) is 30.3. The van der Waals surface area contributed by atoms with Crippen molar-refractivity contribution in [1.29, 1.82) is 0 Å². The van der Waals surface area contributed by atoms with Gasteiger partial charge in [0.05, 0.1) is 12.8 Å². The molecule has 4 aromatic rings. The summed E-state index contributed by atoms with van der Waals surface area (Å²) in [7, 11) is 0. The number of ether oxygens (including phenoxy) is 1. The molecule has 0 spiro atoms. The minimum atomic E-state index is 0.525. The molecule has 0 radical (unpaired) electrons. The van der Waals surface area contributed by atoms with Crippen LogP contribution in [-0.2, 0) is 13.2 Å². The van der Waals surface area contributed by atoms with E-state index < -0.39 is 0 Å². The van der Waals surface area contributed by atoms with Gasteiger partial charge in [0.1, 0.15) is 12.4 Å². The number of hydrazone groups is 1. The van der Waals surface area contributed by atoms with Crippen molar-refractivity contribution in [3.8, 4) is 5.75 Å². The molecule has 0 saturated heterocycles. The van der Waals surface area contributed by atoms with E-state index in [4.69, 9.17) is 16.3 Å². The number of benzene rings is 4. The first-order valence-electron chi connectivity index (χ1n) is 9.48. The number of fused-ring (bicyclic) bond motifs is 1. The van der Waals surface area contributed by atoms with Crippen LogP contribution in [0.4, 0.5) is 0 Å². The number of hydrogen-bond donors (Lipinski definition) is 1. The molecule has 0 atom stereocenters. The fourth-order valence-corrected chi connectivity index (χ4v) is 3.25. The molecule has 0 heterocycles. The molecule has 29 heavy (non-hydrogen) atoms. The Hall–Kier alpha value is -3.30. The van der Waals surface area contributed by atoms with Crippen LogP contribution in [0.15, 0.2) is 96.1 Å². The van der Waals surface area contributed by atoms with E-state index >= 15 is 0 Å². The minimum Gasteiger partial charge on any atom is -0.489 e. The summed E-state index contributed by atoms with van der Waals surface area (Å²) >= 11 is 5.90. The third kappa shape index (κ3) is 5.15. The zero-order valence-electron chi connectivity index (χ0n) is 15.9. The molecule has 0 saturated carbocycles. The number of hydrogen-bond acceptors (Lipinski definition) is 3. The molecule has 0 aliphatic rings. The van der Waals surface area contributed by atoms with Gasteiger partial charge in [0.25, 0.3) is 0 Å². The van der Waals surface area contributed by atoms with Crippen molar-refractivity contribution < 1.29 is 4.74 Å². The Morgan fingerprint density at radius 3 is 2.55 bits per heavy atom. The SMILES string of the molecule is Clc1ccc(CN/N=C\c2cccc(OCc3cccc4ccccc34)c2)cc1. The molecule has 3 nitrogen and oxygen atoms in total. The van der Waals surface area contributed by atoms with Crippen LogP contribution in [0.25, 0.3) is 10.8 Å². The highest BCUT2D eigenvalue weighted by Gasteiger charge is 2.02. The van der Waals surface area contributed by atoms with Crippen molar-refractivity contribution >= 4 is 28.6 Å². The first kappa shape index (κ1) is 19.0. The summed E-state index contributed by atoms with van der Waals surface area (Å²) in [5, 5.41) is 7.47. The summed E-state index contributed by atoms with van der Waals surface area (Å²) in [5.41, 5.74) is 6.33. The van der Waals surface area contributed by atoms with E-state index in [9.17, 15) is 0 Å². The third-order valence-corrected chi connectivity index (χ3v) is 4.89. The van der Waals surface area contributed by atoms with E-state index in [-0.39, 0.29) is 0 Å². The van der Waals surface area contributed by atoms with Gasteiger partial charge in [0.2, 0.25) is 0 Å². The molecule has 0 aliphatic carbocycles. The lowest BCUT2D eigenvalue weighted by Gasteiger charge is -2.09. The smallest absolute Gasteiger partial charge is 0.120 e. The summed E-state index contributed by atoms with van der Waals surface area (Å²) in [6.07, 6.45) is 1.79. The average molecular weight is 401 g/mol. The molecule has 0 fully saturated rings. The van der Waals surface area contributed by atoms with Crippen LogP contribution in [0.1, 0.15) is 16.7 Å². The van der Waals surface area contributed by atoms with Crippen LogP contribution < -0.4 is 10.2 Å². The molecular weight excluding hydrogens is 380 g/mol. The first-order chi connectivity index (χ1) is 14.3. The van der Waals surface area contributed by atoms with Crippen molar-refractivity contribution in [1.82, 2.24) is 5.43 Å². The third-order valence-electron chi connectivity index (χ3n) is 4.63. The molecule has 0 aliphatic heterocycles. The molecule has 144 valence electrons. The maximum Gasteiger partial charge on any atom is 0.120 e. The van der Waals surface area contributed by atoms with Gasteiger partial charge in [-0.3, -0.25) is 0 Å². The normalized spacial score (nSPS) is 11.1. The van der Waals surface area contributed by atoms with Crippen molar-refractivity contribution in [2.45, 2.75) is 13.2 Å². The van der Waals surface area contributed by atoms with Gasteiger partial charge in [-0.15, -0.1) is 0 Å². The summed E-state index contributed by atoms with van der Waals surface area (Å²) in [6.45, 7) is 1.17. The maximum absolute atomic E-state index is 6.03. The molecule has 0 amide bonds. The quantitative estimate of drug-likeness (QED) is 0.296. The zero-order chi connectivity index (χ0) is 19.9. The number of nitrogens with zero attached hydrogens (tertiary/aromatic N) is 1. The molecule has 0 aromatic heterocycles. The van der Waals surface area contributed by atoms with Crippen LogP contribution in [-0.4, -0.2) is 6.21 Å². The van der Waals surface area contributed by atoms with Gasteiger partial charge in [-0.2, -0.15) is 5.10 Å². The fraction of sp³-hybridized carbons (Fsp3) is 0.0800. The van der Waals surface area contributed by atoms with Gasteiger partial charge in [-0.05, 0) is 51.7 Å². The van der Waals surface area contributed by atoms with E-state index in [1.54, 1.807) is 6.21 Å². The summed E-state index contributed by atoms with van der Waals surface area (Å²) in [5.74, 6) is 0.819. The standard InChI is InChI=1S/C25H21ClN2O/c26-23-13-11-19(12-14-23)16-27-28-17-20-5-3-9-24(15-20)29-18-22-8-4-7-21-6-1-2-10-25(21)22/h1-15,17,27H,16,18H2/b28-17-. The highest BCUT2D eigenvalue weighted by molar-refractivity contribution is 6.30. The van der Waals surface area contributed by atoms with Crippen LogP contribution in [0, 0.1) is 0 Å². The van der Waals surface area contributed by atoms with Gasteiger partial charge < -0.3 is 10.2 Å². The molecular formula is C25H21ClN2O. The van der Waals surface area contributed by atoms with Gasteiger partial charge in [-0.1, -0.05) is 78.3 Å². The van der Waals surface area contributed by atoms with E-state index in [1.165, 1.54) is 16.3 Å². The molecule has 0 unspecified atom stereocenters. The van der Waals surface area contributed by atoms with Crippen molar-refractivity contribution in [2.75, 3.05) is 0 Å². The molecule has 4 heteroatoms. The van der Waals surface area contributed by atoms with Crippen molar-refractivity contribution in [3.63, 3.8) is 0 Å². The van der Waals surface area contributed by atoms with Crippen LogP contribution >= 0.6 is 11.6 Å². The van der Waals surface area contributed by atoms with E-state index in [2.05, 4.69) is 53.0 Å². The topological polar surface area (TPSA) is 33.6 Å². The highest BCUT2D eigenvalue weighted by atomic mass is 35.5.